The summed E-state index contributed by atoms with van der Waals surface area (Å²) in [5.41, 5.74) is 4.05. The van der Waals surface area contributed by atoms with Crippen LogP contribution in [0.5, 0.6) is 23.0 Å². The summed E-state index contributed by atoms with van der Waals surface area (Å²) in [5.74, 6) is 3.38. The number of benzene rings is 2. The minimum absolute atomic E-state index is 0.248. The lowest BCUT2D eigenvalue weighted by atomic mass is 9.72. The largest absolute Gasteiger partial charge is 0.493 e. The molecule has 5 rings (SSSR count). The molecule has 0 spiro atoms. The maximum absolute atomic E-state index is 9.84. The quantitative estimate of drug-likeness (QED) is 0.345. The van der Waals surface area contributed by atoms with Crippen molar-refractivity contribution in [1.29, 1.82) is 5.26 Å². The Labute approximate surface area is 216 Å². The first kappa shape index (κ1) is 24.2. The van der Waals surface area contributed by atoms with Gasteiger partial charge in [-0.25, -0.2) is 4.99 Å². The summed E-state index contributed by atoms with van der Waals surface area (Å²) in [6.45, 7) is 7.53. The highest BCUT2D eigenvalue weighted by Crippen LogP contribution is 2.45. The molecule has 186 valence electrons. The molecule has 0 amide bonds. The van der Waals surface area contributed by atoms with Crippen LogP contribution in [0.25, 0.3) is 0 Å². The van der Waals surface area contributed by atoms with Crippen molar-refractivity contribution in [2.24, 2.45) is 16.3 Å². The highest BCUT2D eigenvalue weighted by atomic mass is 32.1. The second-order valence-corrected chi connectivity index (χ2v) is 11.3. The topological polar surface area (TPSA) is 73.1 Å². The standard InChI is InChI=1S/C29H30N2O4S/c1-29(2,3)20-7-8-21-22(14-30)28(36-27(21)13-20)31-15-18-5-9-23(25(11-18)32-4)33-16-19-6-10-24-26(12-19)35-17-34-24/h5-6,9-12,15,20H,7-8,13,16-17H2,1-4H3/t20-/m0/s1. The zero-order chi connectivity index (χ0) is 25.3. The molecule has 3 aromatic rings. The second kappa shape index (κ2) is 9.87. The van der Waals surface area contributed by atoms with Gasteiger partial charge in [-0.2, -0.15) is 5.26 Å². The summed E-state index contributed by atoms with van der Waals surface area (Å²) >= 11 is 1.66. The summed E-state index contributed by atoms with van der Waals surface area (Å²) in [7, 11) is 1.62. The van der Waals surface area contributed by atoms with E-state index in [9.17, 15) is 5.26 Å². The van der Waals surface area contributed by atoms with Gasteiger partial charge in [0.25, 0.3) is 0 Å². The molecule has 1 aliphatic carbocycles. The van der Waals surface area contributed by atoms with E-state index in [0.29, 0.717) is 24.0 Å². The minimum atomic E-state index is 0.248. The molecule has 1 atom stereocenters. The molecule has 0 bridgehead atoms. The SMILES string of the molecule is COc1cc(C=Nc2sc3c(c2C#N)CC[C@H](C(C)(C)C)C3)ccc1OCc1ccc2c(c1)OCO2. The van der Waals surface area contributed by atoms with Crippen LogP contribution in [-0.4, -0.2) is 20.1 Å². The third-order valence-corrected chi connectivity index (χ3v) is 8.10. The normalized spacial score (nSPS) is 16.6. The van der Waals surface area contributed by atoms with E-state index in [1.807, 2.05) is 36.4 Å². The Morgan fingerprint density at radius 2 is 1.97 bits per heavy atom. The van der Waals surface area contributed by atoms with Crippen molar-refractivity contribution in [2.45, 2.75) is 46.6 Å². The van der Waals surface area contributed by atoms with E-state index in [-0.39, 0.29) is 12.2 Å². The van der Waals surface area contributed by atoms with Gasteiger partial charge in [-0.15, -0.1) is 11.3 Å². The molecule has 2 aliphatic rings. The van der Waals surface area contributed by atoms with Crippen molar-refractivity contribution in [1.82, 2.24) is 0 Å². The van der Waals surface area contributed by atoms with Gasteiger partial charge in [-0.05, 0) is 77.6 Å². The summed E-state index contributed by atoms with van der Waals surface area (Å²) in [6, 6.07) is 13.9. The Kier molecular flexibility index (Phi) is 6.63. The third kappa shape index (κ3) is 4.91. The number of ether oxygens (including phenoxy) is 4. The van der Waals surface area contributed by atoms with Gasteiger partial charge in [0, 0.05) is 11.1 Å². The van der Waals surface area contributed by atoms with Crippen LogP contribution in [0.15, 0.2) is 41.4 Å². The molecule has 7 heteroatoms. The summed E-state index contributed by atoms with van der Waals surface area (Å²) in [6.07, 6.45) is 4.89. The Balaban J connectivity index is 1.31. The van der Waals surface area contributed by atoms with Crippen molar-refractivity contribution in [3.05, 3.63) is 63.5 Å². The number of thiophene rings is 1. The molecule has 6 nitrogen and oxygen atoms in total. The molecule has 1 aromatic heterocycles. The van der Waals surface area contributed by atoms with Crippen molar-refractivity contribution >= 4 is 22.6 Å². The summed E-state index contributed by atoms with van der Waals surface area (Å²) in [4.78, 5) is 6.03. The predicted octanol–water partition coefficient (Wildman–Crippen LogP) is 6.84. The molecule has 0 saturated heterocycles. The zero-order valence-electron chi connectivity index (χ0n) is 21.1. The van der Waals surface area contributed by atoms with Crippen LogP contribution in [0.3, 0.4) is 0 Å². The maximum atomic E-state index is 9.84. The fourth-order valence-electron chi connectivity index (χ4n) is 4.73. The Morgan fingerprint density at radius 3 is 2.75 bits per heavy atom. The molecule has 0 unspecified atom stereocenters. The number of methoxy groups -OCH3 is 1. The summed E-state index contributed by atoms with van der Waals surface area (Å²) in [5, 5.41) is 10.6. The molecule has 1 aliphatic heterocycles. The lowest BCUT2D eigenvalue weighted by Gasteiger charge is -2.33. The van der Waals surface area contributed by atoms with Crippen LogP contribution < -0.4 is 18.9 Å². The Morgan fingerprint density at radius 1 is 1.14 bits per heavy atom. The van der Waals surface area contributed by atoms with E-state index in [1.165, 1.54) is 10.4 Å². The molecular formula is C29H30N2O4S. The predicted molar refractivity (Wildman–Crippen MR) is 141 cm³/mol. The number of hydrogen-bond acceptors (Lipinski definition) is 7. The van der Waals surface area contributed by atoms with Gasteiger partial charge >= 0.3 is 0 Å². The van der Waals surface area contributed by atoms with Gasteiger partial charge in [-0.3, -0.25) is 0 Å². The van der Waals surface area contributed by atoms with Gasteiger partial charge in [-0.1, -0.05) is 26.8 Å². The van der Waals surface area contributed by atoms with Gasteiger partial charge in [0.2, 0.25) is 6.79 Å². The van der Waals surface area contributed by atoms with Crippen molar-refractivity contribution in [3.63, 3.8) is 0 Å². The fraction of sp³-hybridized carbons (Fsp3) is 0.379. The van der Waals surface area contributed by atoms with Gasteiger partial charge in [0.15, 0.2) is 23.0 Å². The molecule has 2 aromatic carbocycles. The number of nitrogens with zero attached hydrogens (tertiary/aromatic N) is 2. The fourth-order valence-corrected chi connectivity index (χ4v) is 5.95. The molecule has 2 heterocycles. The average Bonchev–Trinajstić information content (AvgIpc) is 3.48. The van der Waals surface area contributed by atoms with Crippen LogP contribution in [0.2, 0.25) is 0 Å². The highest BCUT2D eigenvalue weighted by molar-refractivity contribution is 7.16. The first-order chi connectivity index (χ1) is 17.4. The van der Waals surface area contributed by atoms with E-state index in [4.69, 9.17) is 23.9 Å². The average molecular weight is 503 g/mol. The van der Waals surface area contributed by atoms with Gasteiger partial charge in [0.1, 0.15) is 17.7 Å². The Hall–Kier alpha value is -3.50. The molecule has 0 saturated carbocycles. The number of nitriles is 1. The van der Waals surface area contributed by atoms with Crippen LogP contribution in [-0.2, 0) is 19.4 Å². The van der Waals surface area contributed by atoms with E-state index < -0.39 is 0 Å². The Bertz CT molecular complexity index is 1350. The number of aliphatic imine (C=N–C) groups is 1. The number of fused-ring (bicyclic) bond motifs is 2. The van der Waals surface area contributed by atoms with Crippen molar-refractivity contribution < 1.29 is 18.9 Å². The minimum Gasteiger partial charge on any atom is -0.493 e. The second-order valence-electron chi connectivity index (χ2n) is 10.2. The molecule has 0 fully saturated rings. The smallest absolute Gasteiger partial charge is 0.231 e. The van der Waals surface area contributed by atoms with Crippen LogP contribution in [0.1, 0.15) is 54.3 Å². The lowest BCUT2D eigenvalue weighted by Crippen LogP contribution is -2.26. The summed E-state index contributed by atoms with van der Waals surface area (Å²) < 4.78 is 22.4. The first-order valence-corrected chi connectivity index (χ1v) is 13.0. The maximum Gasteiger partial charge on any atom is 0.231 e. The van der Waals surface area contributed by atoms with E-state index in [0.717, 1.165) is 52.5 Å². The van der Waals surface area contributed by atoms with E-state index in [1.54, 1.807) is 24.7 Å². The van der Waals surface area contributed by atoms with Crippen molar-refractivity contribution in [2.75, 3.05) is 13.9 Å². The molecule has 36 heavy (non-hydrogen) atoms. The van der Waals surface area contributed by atoms with Gasteiger partial charge in [0.05, 0.1) is 12.7 Å². The molecule has 0 N–H and O–H groups in total. The first-order valence-electron chi connectivity index (χ1n) is 12.1. The highest BCUT2D eigenvalue weighted by Gasteiger charge is 2.32. The number of hydrogen-bond donors (Lipinski definition) is 0. The van der Waals surface area contributed by atoms with Crippen LogP contribution in [0, 0.1) is 22.7 Å². The molecular weight excluding hydrogens is 472 g/mol. The van der Waals surface area contributed by atoms with E-state index in [2.05, 4.69) is 26.8 Å². The molecule has 0 radical (unpaired) electrons. The van der Waals surface area contributed by atoms with Crippen LogP contribution in [0.4, 0.5) is 5.00 Å². The van der Waals surface area contributed by atoms with Crippen LogP contribution >= 0.6 is 11.3 Å². The van der Waals surface area contributed by atoms with E-state index >= 15 is 0 Å². The zero-order valence-corrected chi connectivity index (χ0v) is 21.9. The lowest BCUT2D eigenvalue weighted by molar-refractivity contribution is 0.174. The van der Waals surface area contributed by atoms with Crippen molar-refractivity contribution in [3.8, 4) is 29.1 Å². The van der Waals surface area contributed by atoms with Gasteiger partial charge < -0.3 is 18.9 Å². The third-order valence-electron chi connectivity index (χ3n) is 6.93. The number of rotatable bonds is 6. The monoisotopic (exact) mass is 502 g/mol.